The topological polar surface area (TPSA) is 84.5 Å². The highest BCUT2D eigenvalue weighted by Gasteiger charge is 2.19. The fourth-order valence-electron chi connectivity index (χ4n) is 2.03. The third-order valence-corrected chi connectivity index (χ3v) is 3.16. The predicted octanol–water partition coefficient (Wildman–Crippen LogP) is 1.83. The monoisotopic (exact) mass is 334 g/mol. The molecule has 0 saturated heterocycles. The number of carbonyl (C=O) groups excluding carboxylic acids is 3. The summed E-state index contributed by atoms with van der Waals surface area (Å²) in [5.74, 6) is -0.613. The van der Waals surface area contributed by atoms with Crippen LogP contribution in [0, 0.1) is 0 Å². The molecule has 0 aliphatic rings. The Hall–Kier alpha value is -2.37. The minimum atomic E-state index is -0.638. The second kappa shape index (κ2) is 9.05. The Morgan fingerprint density at radius 2 is 1.83 bits per heavy atom. The molecular weight excluding hydrogens is 308 g/mol. The average molecular weight is 334 g/mol. The van der Waals surface area contributed by atoms with Crippen molar-refractivity contribution < 1.29 is 19.1 Å². The lowest BCUT2D eigenvalue weighted by Gasteiger charge is -2.19. The highest BCUT2D eigenvalue weighted by Crippen LogP contribution is 2.13. The van der Waals surface area contributed by atoms with Gasteiger partial charge in [0.05, 0.1) is 5.56 Å². The van der Waals surface area contributed by atoms with Gasteiger partial charge < -0.3 is 15.4 Å². The molecule has 0 fully saturated rings. The molecule has 0 aromatic heterocycles. The molecule has 1 aromatic carbocycles. The largest absolute Gasteiger partial charge is 0.456 e. The van der Waals surface area contributed by atoms with E-state index in [4.69, 9.17) is 4.74 Å². The summed E-state index contributed by atoms with van der Waals surface area (Å²) in [6, 6.07) is 6.19. The molecule has 0 bridgehead atoms. The van der Waals surface area contributed by atoms with Crippen molar-refractivity contribution in [2.75, 3.05) is 6.54 Å². The van der Waals surface area contributed by atoms with Gasteiger partial charge in [0.25, 0.3) is 0 Å². The number of nitrogens with one attached hydrogen (secondary N) is 2. The van der Waals surface area contributed by atoms with E-state index in [2.05, 4.69) is 10.6 Å². The maximum Gasteiger partial charge on any atom is 0.338 e. The lowest BCUT2D eigenvalue weighted by molar-refractivity contribution is -0.125. The van der Waals surface area contributed by atoms with Crippen LogP contribution in [-0.4, -0.2) is 36.5 Å². The highest BCUT2D eigenvalue weighted by atomic mass is 16.6. The van der Waals surface area contributed by atoms with Gasteiger partial charge >= 0.3 is 5.97 Å². The van der Waals surface area contributed by atoms with Crippen LogP contribution in [0.1, 0.15) is 50.0 Å². The van der Waals surface area contributed by atoms with Crippen LogP contribution in [0.3, 0.4) is 0 Å². The molecule has 0 radical (unpaired) electrons. The van der Waals surface area contributed by atoms with Crippen molar-refractivity contribution in [3.63, 3.8) is 0 Å². The fourth-order valence-corrected chi connectivity index (χ4v) is 2.03. The van der Waals surface area contributed by atoms with Gasteiger partial charge in [-0.15, -0.1) is 0 Å². The number of benzene rings is 1. The summed E-state index contributed by atoms with van der Waals surface area (Å²) in [6.45, 7) is 7.95. The first-order valence-electron chi connectivity index (χ1n) is 8.06. The van der Waals surface area contributed by atoms with Crippen LogP contribution in [0.25, 0.3) is 0 Å². The molecule has 1 atom stereocenters. The number of hydrogen-bond donors (Lipinski definition) is 2. The van der Waals surface area contributed by atoms with E-state index in [1.807, 2.05) is 27.7 Å². The van der Waals surface area contributed by atoms with Crippen molar-refractivity contribution in [2.24, 2.45) is 0 Å². The zero-order valence-corrected chi connectivity index (χ0v) is 14.7. The minimum Gasteiger partial charge on any atom is -0.456 e. The Bertz CT molecular complexity index is 561. The lowest BCUT2D eigenvalue weighted by Crippen LogP contribution is -2.45. The van der Waals surface area contributed by atoms with Gasteiger partial charge in [0.1, 0.15) is 11.6 Å². The zero-order valence-electron chi connectivity index (χ0n) is 14.7. The molecule has 0 saturated carbocycles. The summed E-state index contributed by atoms with van der Waals surface area (Å²) in [6.07, 6.45) is 1.69. The maximum atomic E-state index is 12.0. The molecule has 132 valence electrons. The molecule has 0 aliphatic heterocycles. The fraction of sp³-hybridized carbons (Fsp3) is 0.500. The Morgan fingerprint density at radius 1 is 1.21 bits per heavy atom. The van der Waals surface area contributed by atoms with Crippen LogP contribution >= 0.6 is 0 Å². The molecule has 6 heteroatoms. The first-order chi connectivity index (χ1) is 11.3. The van der Waals surface area contributed by atoms with E-state index in [0.717, 1.165) is 12.0 Å². The van der Waals surface area contributed by atoms with Crippen molar-refractivity contribution >= 4 is 18.3 Å². The number of carbonyl (C=O) groups is 3. The Kier molecular flexibility index (Phi) is 7.42. The Morgan fingerprint density at radius 3 is 2.33 bits per heavy atom. The molecular formula is C18H26N2O4. The quantitative estimate of drug-likeness (QED) is 0.561. The Balaban J connectivity index is 2.74. The van der Waals surface area contributed by atoms with Crippen molar-refractivity contribution in [3.8, 4) is 0 Å². The average Bonchev–Trinajstić information content (AvgIpc) is 2.51. The summed E-state index contributed by atoms with van der Waals surface area (Å²) < 4.78 is 5.30. The molecule has 0 spiro atoms. The van der Waals surface area contributed by atoms with Gasteiger partial charge in [0.2, 0.25) is 12.3 Å². The van der Waals surface area contributed by atoms with E-state index in [9.17, 15) is 14.4 Å². The molecule has 0 heterocycles. The Labute approximate surface area is 143 Å². The minimum absolute atomic E-state index is 0.222. The zero-order chi connectivity index (χ0) is 18.2. The molecule has 24 heavy (non-hydrogen) atoms. The standard InChI is InChI=1S/C18H26N2O4/c1-5-10-19-16(22)15(20-12-21)11-13-6-8-14(9-7-13)17(23)24-18(2,3)4/h6-9,12,15H,5,10-11H2,1-4H3,(H,19,22)(H,20,21)/t15-/m0/s1. The van der Waals surface area contributed by atoms with Crippen LogP contribution in [0.2, 0.25) is 0 Å². The summed E-state index contributed by atoms with van der Waals surface area (Å²) in [7, 11) is 0. The van der Waals surface area contributed by atoms with E-state index >= 15 is 0 Å². The number of hydrogen-bond acceptors (Lipinski definition) is 4. The number of esters is 1. The van der Waals surface area contributed by atoms with Crippen molar-refractivity contribution in [3.05, 3.63) is 35.4 Å². The van der Waals surface area contributed by atoms with Crippen LogP contribution in [0.15, 0.2) is 24.3 Å². The van der Waals surface area contributed by atoms with Gasteiger partial charge in [0, 0.05) is 13.0 Å². The summed E-state index contributed by atoms with van der Waals surface area (Å²) in [5.41, 5.74) is 0.740. The van der Waals surface area contributed by atoms with Gasteiger partial charge in [-0.2, -0.15) is 0 Å². The second-order valence-corrected chi connectivity index (χ2v) is 6.53. The molecule has 2 amide bonds. The summed E-state index contributed by atoms with van der Waals surface area (Å²) in [5, 5.41) is 5.28. The second-order valence-electron chi connectivity index (χ2n) is 6.53. The highest BCUT2D eigenvalue weighted by molar-refractivity contribution is 5.89. The molecule has 1 aromatic rings. The lowest BCUT2D eigenvalue weighted by atomic mass is 10.0. The smallest absolute Gasteiger partial charge is 0.338 e. The van der Waals surface area contributed by atoms with Crippen molar-refractivity contribution in [1.82, 2.24) is 10.6 Å². The van der Waals surface area contributed by atoms with E-state index in [0.29, 0.717) is 24.9 Å². The number of ether oxygens (including phenoxy) is 1. The van der Waals surface area contributed by atoms with Crippen LogP contribution in [0.4, 0.5) is 0 Å². The number of amides is 2. The predicted molar refractivity (Wildman–Crippen MR) is 91.6 cm³/mol. The van der Waals surface area contributed by atoms with E-state index in [-0.39, 0.29) is 5.91 Å². The summed E-state index contributed by atoms with van der Waals surface area (Å²) in [4.78, 5) is 34.7. The molecule has 0 aliphatic carbocycles. The van der Waals surface area contributed by atoms with E-state index in [1.165, 1.54) is 0 Å². The third kappa shape index (κ3) is 6.81. The van der Waals surface area contributed by atoms with Crippen molar-refractivity contribution in [2.45, 2.75) is 52.2 Å². The van der Waals surface area contributed by atoms with Crippen molar-refractivity contribution in [1.29, 1.82) is 0 Å². The SMILES string of the molecule is CCCNC(=O)[C@H](Cc1ccc(C(=O)OC(C)(C)C)cc1)NC=O. The van der Waals surface area contributed by atoms with Crippen LogP contribution in [-0.2, 0) is 20.7 Å². The first kappa shape index (κ1) is 19.7. The van der Waals surface area contributed by atoms with Gasteiger partial charge in [-0.05, 0) is 44.9 Å². The van der Waals surface area contributed by atoms with Gasteiger partial charge in [-0.1, -0.05) is 19.1 Å². The number of rotatable bonds is 8. The van der Waals surface area contributed by atoms with E-state index < -0.39 is 17.6 Å². The molecule has 0 unspecified atom stereocenters. The van der Waals surface area contributed by atoms with E-state index in [1.54, 1.807) is 24.3 Å². The maximum absolute atomic E-state index is 12.0. The van der Waals surface area contributed by atoms with Gasteiger partial charge in [0.15, 0.2) is 0 Å². The van der Waals surface area contributed by atoms with Gasteiger partial charge in [-0.3, -0.25) is 9.59 Å². The first-order valence-corrected chi connectivity index (χ1v) is 8.06. The third-order valence-electron chi connectivity index (χ3n) is 3.16. The molecule has 2 N–H and O–H groups in total. The normalized spacial score (nSPS) is 12.2. The van der Waals surface area contributed by atoms with Crippen LogP contribution < -0.4 is 10.6 Å². The summed E-state index contributed by atoms with van der Waals surface area (Å²) >= 11 is 0. The van der Waals surface area contributed by atoms with Crippen LogP contribution in [0.5, 0.6) is 0 Å². The molecule has 1 rings (SSSR count). The van der Waals surface area contributed by atoms with Gasteiger partial charge in [-0.25, -0.2) is 4.79 Å². The molecule has 6 nitrogen and oxygen atoms in total.